The van der Waals surface area contributed by atoms with E-state index in [2.05, 4.69) is 70.4 Å². The molecule has 22 heavy (non-hydrogen) atoms. The molecule has 0 amide bonds. The maximum Gasteiger partial charge on any atom is 0.281 e. The van der Waals surface area contributed by atoms with Gasteiger partial charge in [-0.1, -0.05) is 0 Å². The summed E-state index contributed by atoms with van der Waals surface area (Å²) in [5, 5.41) is 0. The summed E-state index contributed by atoms with van der Waals surface area (Å²) >= 11 is 1.18. The van der Waals surface area contributed by atoms with Crippen LogP contribution in [0.5, 0.6) is 0 Å². The molecule has 0 heterocycles. The van der Waals surface area contributed by atoms with Gasteiger partial charge in [0.05, 0.1) is 0 Å². The Morgan fingerprint density at radius 3 is 1.09 bits per heavy atom. The van der Waals surface area contributed by atoms with Crippen LogP contribution in [0.2, 0.25) is 0 Å². The summed E-state index contributed by atoms with van der Waals surface area (Å²) in [6, 6.07) is 0. The van der Waals surface area contributed by atoms with Crippen LogP contribution < -0.4 is 0 Å². The van der Waals surface area contributed by atoms with Crippen molar-refractivity contribution in [1.82, 2.24) is 0 Å². The molecule has 7 heteroatoms. The average Bonchev–Trinajstić information content (AvgIpc) is 3.32. The maximum atomic E-state index is 7.50. The third-order valence-electron chi connectivity index (χ3n) is 1.66. The van der Waals surface area contributed by atoms with Crippen molar-refractivity contribution in [3.8, 4) is 0 Å². The first-order chi connectivity index (χ1) is 10.4. The van der Waals surface area contributed by atoms with Gasteiger partial charge in [0.1, 0.15) is 0 Å². The molecule has 0 unspecified atom stereocenters. The molecule has 5 nitrogen and oxygen atoms in total. The van der Waals surface area contributed by atoms with E-state index in [1.165, 1.54) is 15.0 Å². The van der Waals surface area contributed by atoms with Crippen molar-refractivity contribution in [3.63, 3.8) is 0 Å². The van der Waals surface area contributed by atoms with Crippen LogP contribution in [-0.2, 0) is 56.0 Å². The van der Waals surface area contributed by atoms with E-state index < -0.39 is 0 Å². The summed E-state index contributed by atoms with van der Waals surface area (Å²) in [4.78, 5) is 37.5. The second kappa shape index (κ2) is 36.6. The Bertz CT molecular complexity index is 312. The first-order valence-corrected chi connectivity index (χ1v) is 5.91. The second-order valence-corrected chi connectivity index (χ2v) is 4.24. The van der Waals surface area contributed by atoms with Crippen LogP contribution in [0.15, 0.2) is 45.4 Å². The molecule has 2 rings (SSSR count). The fourth-order valence-corrected chi connectivity index (χ4v) is 2.45. The molecule has 2 aliphatic rings. The molecule has 0 atom stereocenters. The Morgan fingerprint density at radius 1 is 0.636 bits per heavy atom. The van der Waals surface area contributed by atoms with Gasteiger partial charge in [0, 0.05) is 17.1 Å². The molecule has 0 aliphatic heterocycles. The normalized spacial score (nSPS) is 11.5. The van der Waals surface area contributed by atoms with E-state index >= 15 is 0 Å². The number of allylic oxidation sites excluding steroid dienone is 8. The molecule has 0 aromatic heterocycles. The van der Waals surface area contributed by atoms with Crippen LogP contribution in [0, 0.1) is 0 Å². The van der Waals surface area contributed by atoms with Gasteiger partial charge in [-0.15, -0.1) is 0 Å². The van der Waals surface area contributed by atoms with Gasteiger partial charge in [-0.05, 0) is 0 Å². The molecule has 0 bridgehead atoms. The quantitative estimate of drug-likeness (QED) is 0.659. The van der Waals surface area contributed by atoms with Crippen LogP contribution >= 0.6 is 0 Å². The van der Waals surface area contributed by atoms with E-state index in [0.717, 1.165) is 12.8 Å². The van der Waals surface area contributed by atoms with Gasteiger partial charge in [0.25, 0.3) is 33.9 Å². The molecule has 10 radical (unpaired) electrons. The van der Waals surface area contributed by atoms with Gasteiger partial charge in [-0.3, -0.25) is 24.0 Å². The monoisotopic (exact) mass is 382 g/mol. The Balaban J connectivity index is -0.0000000760. The van der Waals surface area contributed by atoms with Gasteiger partial charge in [-0.25, -0.2) is 0 Å². The van der Waals surface area contributed by atoms with E-state index in [-0.39, 0.29) is 17.1 Å². The summed E-state index contributed by atoms with van der Waals surface area (Å²) in [6.07, 6.45) is 15.5. The molecule has 0 saturated carbocycles. The zero-order chi connectivity index (χ0) is 17.5. The molecule has 0 spiro atoms. The zero-order valence-corrected chi connectivity index (χ0v) is 13.3. The molecule has 0 N–H and O–H groups in total. The van der Waals surface area contributed by atoms with Gasteiger partial charge >= 0.3 is 73.2 Å². The summed E-state index contributed by atoms with van der Waals surface area (Å²) < 4.78 is 3.11. The molecule has 0 fully saturated rings. The van der Waals surface area contributed by atoms with Crippen LogP contribution in [0.25, 0.3) is 0 Å². The molecule has 0 aromatic rings. The smallest absolute Gasteiger partial charge is 0.281 e. The molecule has 2 aliphatic carbocycles. The predicted octanol–water partition coefficient (Wildman–Crippen LogP) is 0.768. The van der Waals surface area contributed by atoms with E-state index in [1.54, 1.807) is 8.94 Å². The summed E-state index contributed by atoms with van der Waals surface area (Å²) in [7, 11) is 0. The zero-order valence-electron chi connectivity index (χ0n) is 11.1. The first-order valence-electron chi connectivity index (χ1n) is 4.81. The summed E-state index contributed by atoms with van der Waals surface area (Å²) in [6.45, 7) is 22.5. The average molecular weight is 382 g/mol. The van der Waals surface area contributed by atoms with Gasteiger partial charge in [-0.2, -0.15) is 0 Å². The van der Waals surface area contributed by atoms with Crippen LogP contribution in [0.1, 0.15) is 12.8 Å². The third kappa shape index (κ3) is 20.7. The topological polar surface area (TPSA) is 85.3 Å². The van der Waals surface area contributed by atoms with Crippen molar-refractivity contribution < 1.29 is 56.0 Å². The molecule has 0 saturated heterocycles. The van der Waals surface area contributed by atoms with Gasteiger partial charge < -0.3 is 0 Å². The molecule has 0 aromatic carbocycles. The summed E-state index contributed by atoms with van der Waals surface area (Å²) in [5.41, 5.74) is 0. The molecule has 116 valence electrons. The van der Waals surface area contributed by atoms with Crippen molar-refractivity contribution in [1.29, 1.82) is 0 Å². The number of hydrogen-bond acceptors (Lipinski definition) is 5. The first kappa shape index (κ1) is 32.3. The van der Waals surface area contributed by atoms with E-state index in [1.807, 2.05) is 0 Å². The maximum absolute atomic E-state index is 7.50. The Hall–Kier alpha value is -1.65. The number of hydrogen-bond donors (Lipinski definition) is 0. The summed E-state index contributed by atoms with van der Waals surface area (Å²) in [5.74, 6) is 0. The van der Waals surface area contributed by atoms with E-state index in [0.29, 0.717) is 0 Å². The number of rotatable bonds is 2. The van der Waals surface area contributed by atoms with Crippen molar-refractivity contribution in [2.24, 2.45) is 0 Å². The minimum Gasteiger partial charge on any atom is -0.281 e. The Kier molecular flexibility index (Phi) is 53.7. The Morgan fingerprint density at radius 2 is 0.909 bits per heavy atom. The molecular weight excluding hydrogens is 372 g/mol. The van der Waals surface area contributed by atoms with Crippen molar-refractivity contribution in [2.45, 2.75) is 12.8 Å². The van der Waals surface area contributed by atoms with Crippen molar-refractivity contribution >= 4 is 33.9 Å². The largest absolute Gasteiger partial charge is 0.281 e. The van der Waals surface area contributed by atoms with E-state index in [4.69, 9.17) is 24.0 Å². The second-order valence-electron chi connectivity index (χ2n) is 2.55. The van der Waals surface area contributed by atoms with Gasteiger partial charge in [0.15, 0.2) is 0 Å². The van der Waals surface area contributed by atoms with Crippen LogP contribution in [0.4, 0.5) is 0 Å². The SMILES string of the molecule is C1=CC[C]([Fe][C]2=CC=CC2)=C1.[C]=O.[C]=O.[C]=O.[C]=O.[C]=O.[Fe]. The number of carbonyl (C=O) groups excluding carboxylic acids is 5. The molecular formula is C15H10Fe2O5. The third-order valence-corrected chi connectivity index (χ3v) is 3.19. The van der Waals surface area contributed by atoms with Crippen molar-refractivity contribution in [3.05, 3.63) is 45.4 Å². The predicted molar refractivity (Wildman–Crippen MR) is 72.1 cm³/mol. The fourth-order valence-electron chi connectivity index (χ4n) is 1.11. The van der Waals surface area contributed by atoms with Crippen LogP contribution in [0.3, 0.4) is 0 Å². The van der Waals surface area contributed by atoms with Crippen molar-refractivity contribution in [2.75, 3.05) is 0 Å². The van der Waals surface area contributed by atoms with Crippen LogP contribution in [-0.4, -0.2) is 33.9 Å². The minimum absolute atomic E-state index is 0. The fraction of sp³-hybridized carbons (Fsp3) is 0.133. The van der Waals surface area contributed by atoms with E-state index in [9.17, 15) is 0 Å². The van der Waals surface area contributed by atoms with Gasteiger partial charge in [0.2, 0.25) is 0 Å². The Labute approximate surface area is 148 Å². The minimum atomic E-state index is 0. The standard InChI is InChI=1S/2C5H5.5CO.2Fe/c2*1-2-4-5-3-1;5*1-2;;/h2*1-3H,4H2;;;;;;;.